The Balaban J connectivity index is 0.000000963. The SMILES string of the molecule is Cl.O=C(Nc1nc2c(s1)CCCC2)C1CC1. The maximum absolute atomic E-state index is 11.5. The molecule has 1 amide bonds. The van der Waals surface area contributed by atoms with E-state index in [4.69, 9.17) is 0 Å². The van der Waals surface area contributed by atoms with Crippen LogP contribution >= 0.6 is 23.7 Å². The first-order chi connectivity index (χ1) is 7.33. The van der Waals surface area contributed by atoms with E-state index in [0.29, 0.717) is 0 Å². The van der Waals surface area contributed by atoms with Crippen molar-refractivity contribution in [2.24, 2.45) is 5.92 Å². The average molecular weight is 259 g/mol. The maximum atomic E-state index is 11.5. The lowest BCUT2D eigenvalue weighted by molar-refractivity contribution is -0.117. The molecule has 0 aliphatic heterocycles. The summed E-state index contributed by atoms with van der Waals surface area (Å²) in [6, 6.07) is 0. The van der Waals surface area contributed by atoms with Crippen molar-refractivity contribution < 1.29 is 4.79 Å². The van der Waals surface area contributed by atoms with Crippen LogP contribution in [0.15, 0.2) is 0 Å². The van der Waals surface area contributed by atoms with Crippen LogP contribution in [0.2, 0.25) is 0 Å². The van der Waals surface area contributed by atoms with E-state index >= 15 is 0 Å². The number of fused-ring (bicyclic) bond motifs is 1. The normalized spacial score (nSPS) is 18.5. The van der Waals surface area contributed by atoms with Crippen LogP contribution in [0.4, 0.5) is 5.13 Å². The molecule has 1 aromatic rings. The summed E-state index contributed by atoms with van der Waals surface area (Å²) in [6.45, 7) is 0. The molecule has 1 aromatic heterocycles. The van der Waals surface area contributed by atoms with E-state index in [0.717, 1.165) is 30.8 Å². The first-order valence-corrected chi connectivity index (χ1v) is 6.44. The number of rotatable bonds is 2. The molecule has 1 N–H and O–H groups in total. The first-order valence-electron chi connectivity index (χ1n) is 5.62. The average Bonchev–Trinajstić information content (AvgIpc) is 2.99. The Morgan fingerprint density at radius 1 is 1.31 bits per heavy atom. The van der Waals surface area contributed by atoms with Crippen LogP contribution in [0.1, 0.15) is 36.3 Å². The van der Waals surface area contributed by atoms with Gasteiger partial charge in [0.05, 0.1) is 5.69 Å². The number of anilines is 1. The number of halogens is 1. The van der Waals surface area contributed by atoms with Gasteiger partial charge >= 0.3 is 0 Å². The van der Waals surface area contributed by atoms with E-state index in [2.05, 4.69) is 10.3 Å². The Morgan fingerprint density at radius 3 is 2.75 bits per heavy atom. The van der Waals surface area contributed by atoms with Gasteiger partial charge in [0.15, 0.2) is 5.13 Å². The quantitative estimate of drug-likeness (QED) is 0.886. The molecule has 3 nitrogen and oxygen atoms in total. The number of nitrogens with zero attached hydrogens (tertiary/aromatic N) is 1. The molecule has 0 aromatic carbocycles. The van der Waals surface area contributed by atoms with Crippen molar-refractivity contribution in [2.45, 2.75) is 38.5 Å². The molecule has 0 bridgehead atoms. The molecule has 5 heteroatoms. The third kappa shape index (κ3) is 2.38. The Labute approximate surface area is 105 Å². The number of aromatic nitrogens is 1. The third-order valence-electron chi connectivity index (χ3n) is 3.02. The summed E-state index contributed by atoms with van der Waals surface area (Å²) in [6.07, 6.45) is 6.85. The van der Waals surface area contributed by atoms with Gasteiger partial charge < -0.3 is 5.32 Å². The van der Waals surface area contributed by atoms with E-state index in [-0.39, 0.29) is 24.2 Å². The van der Waals surface area contributed by atoms with Gasteiger partial charge in [-0.3, -0.25) is 4.79 Å². The number of carbonyl (C=O) groups is 1. The van der Waals surface area contributed by atoms with Crippen molar-refractivity contribution in [3.05, 3.63) is 10.6 Å². The molecule has 2 aliphatic rings. The van der Waals surface area contributed by atoms with Crippen LogP contribution in [0.5, 0.6) is 0 Å². The summed E-state index contributed by atoms with van der Waals surface area (Å²) >= 11 is 1.67. The molecule has 0 atom stereocenters. The number of amides is 1. The molecule has 16 heavy (non-hydrogen) atoms. The second kappa shape index (κ2) is 4.72. The van der Waals surface area contributed by atoms with E-state index in [1.54, 1.807) is 11.3 Å². The van der Waals surface area contributed by atoms with Crippen molar-refractivity contribution in [1.29, 1.82) is 0 Å². The minimum atomic E-state index is 0. The standard InChI is InChI=1S/C11H14N2OS.ClH/c14-10(7-5-6-7)13-11-12-8-3-1-2-4-9(8)15-11;/h7H,1-6H2,(H,12,13,14);1H. The zero-order valence-corrected chi connectivity index (χ0v) is 10.6. The minimum absolute atomic E-state index is 0. The molecular formula is C11H15ClN2OS. The fraction of sp³-hybridized carbons (Fsp3) is 0.636. The van der Waals surface area contributed by atoms with E-state index < -0.39 is 0 Å². The van der Waals surface area contributed by atoms with Crippen molar-refractivity contribution in [3.63, 3.8) is 0 Å². The second-order valence-corrected chi connectivity index (χ2v) is 5.44. The fourth-order valence-corrected chi connectivity index (χ4v) is 3.01. The second-order valence-electron chi connectivity index (χ2n) is 4.36. The topological polar surface area (TPSA) is 42.0 Å². The number of hydrogen-bond donors (Lipinski definition) is 1. The summed E-state index contributed by atoms with van der Waals surface area (Å²) in [5, 5.41) is 3.75. The number of nitrogens with one attached hydrogen (secondary N) is 1. The van der Waals surface area contributed by atoms with Gasteiger partial charge in [0.1, 0.15) is 0 Å². The highest BCUT2D eigenvalue weighted by Gasteiger charge is 2.30. The predicted molar refractivity (Wildman–Crippen MR) is 67.4 cm³/mol. The van der Waals surface area contributed by atoms with Crippen LogP contribution < -0.4 is 5.32 Å². The van der Waals surface area contributed by atoms with Gasteiger partial charge in [0.25, 0.3) is 0 Å². The summed E-state index contributed by atoms with van der Waals surface area (Å²) in [7, 11) is 0. The highest BCUT2D eigenvalue weighted by atomic mass is 35.5. The molecule has 1 fully saturated rings. The zero-order chi connectivity index (χ0) is 10.3. The Morgan fingerprint density at radius 2 is 2.06 bits per heavy atom. The predicted octanol–water partition coefficient (Wildman–Crippen LogP) is 2.79. The Bertz CT molecular complexity index is 377. The summed E-state index contributed by atoms with van der Waals surface area (Å²) in [4.78, 5) is 17.4. The van der Waals surface area contributed by atoms with Gasteiger partial charge in [-0.1, -0.05) is 0 Å². The Kier molecular flexibility index (Phi) is 3.50. The lowest BCUT2D eigenvalue weighted by Crippen LogP contribution is -2.13. The molecule has 88 valence electrons. The molecule has 0 radical (unpaired) electrons. The van der Waals surface area contributed by atoms with Crippen LogP contribution in [0.25, 0.3) is 0 Å². The van der Waals surface area contributed by atoms with Gasteiger partial charge in [-0.25, -0.2) is 4.98 Å². The first kappa shape index (κ1) is 11.9. The number of hydrogen-bond acceptors (Lipinski definition) is 3. The molecule has 0 unspecified atom stereocenters. The van der Waals surface area contributed by atoms with E-state index in [1.165, 1.54) is 23.4 Å². The molecule has 2 aliphatic carbocycles. The Hall–Kier alpha value is -0.610. The maximum Gasteiger partial charge on any atom is 0.229 e. The largest absolute Gasteiger partial charge is 0.302 e. The molecule has 3 rings (SSSR count). The van der Waals surface area contributed by atoms with E-state index in [9.17, 15) is 4.79 Å². The van der Waals surface area contributed by atoms with Crippen LogP contribution in [-0.4, -0.2) is 10.9 Å². The van der Waals surface area contributed by atoms with Gasteiger partial charge in [-0.15, -0.1) is 23.7 Å². The summed E-state index contributed by atoms with van der Waals surface area (Å²) in [5.41, 5.74) is 1.22. The van der Waals surface area contributed by atoms with Crippen molar-refractivity contribution in [3.8, 4) is 0 Å². The third-order valence-corrected chi connectivity index (χ3v) is 4.10. The van der Waals surface area contributed by atoms with Gasteiger partial charge in [0.2, 0.25) is 5.91 Å². The zero-order valence-electron chi connectivity index (χ0n) is 8.99. The molecule has 0 saturated heterocycles. The smallest absolute Gasteiger partial charge is 0.229 e. The number of aryl methyl sites for hydroxylation is 2. The minimum Gasteiger partial charge on any atom is -0.302 e. The molecule has 1 heterocycles. The lowest BCUT2D eigenvalue weighted by atomic mass is 10.0. The summed E-state index contributed by atoms with van der Waals surface area (Å²) < 4.78 is 0. The van der Waals surface area contributed by atoms with Crippen LogP contribution in [0, 0.1) is 5.92 Å². The molecule has 0 spiro atoms. The van der Waals surface area contributed by atoms with Crippen LogP contribution in [0.3, 0.4) is 0 Å². The van der Waals surface area contributed by atoms with Crippen molar-refractivity contribution in [1.82, 2.24) is 4.98 Å². The van der Waals surface area contributed by atoms with Crippen molar-refractivity contribution in [2.75, 3.05) is 5.32 Å². The number of thiazole rings is 1. The monoisotopic (exact) mass is 258 g/mol. The lowest BCUT2D eigenvalue weighted by Gasteiger charge is -2.06. The number of carbonyl (C=O) groups excluding carboxylic acids is 1. The van der Waals surface area contributed by atoms with E-state index in [1.807, 2.05) is 0 Å². The highest BCUT2D eigenvalue weighted by molar-refractivity contribution is 7.15. The molecular weight excluding hydrogens is 244 g/mol. The fourth-order valence-electron chi connectivity index (χ4n) is 1.96. The highest BCUT2D eigenvalue weighted by Crippen LogP contribution is 2.33. The van der Waals surface area contributed by atoms with Crippen molar-refractivity contribution >= 4 is 34.8 Å². The summed E-state index contributed by atoms with van der Waals surface area (Å²) in [5.74, 6) is 0.437. The van der Waals surface area contributed by atoms with Crippen LogP contribution in [-0.2, 0) is 17.6 Å². The molecule has 1 saturated carbocycles. The van der Waals surface area contributed by atoms with Gasteiger partial charge in [0, 0.05) is 10.8 Å². The van der Waals surface area contributed by atoms with Gasteiger partial charge in [-0.2, -0.15) is 0 Å². The van der Waals surface area contributed by atoms with Gasteiger partial charge in [-0.05, 0) is 38.5 Å².